The molecule has 6 rings (SSSR count). The summed E-state index contributed by atoms with van der Waals surface area (Å²) in [6.45, 7) is 7.25. The van der Waals surface area contributed by atoms with E-state index >= 15 is 0 Å². The molecule has 7 nitrogen and oxygen atoms in total. The first-order chi connectivity index (χ1) is 15.0. The van der Waals surface area contributed by atoms with Gasteiger partial charge < -0.3 is 24.0 Å². The number of ether oxygens (including phenoxy) is 1. The van der Waals surface area contributed by atoms with Crippen molar-refractivity contribution in [3.63, 3.8) is 0 Å². The predicted octanol–water partition coefficient (Wildman–Crippen LogP) is 2.74. The highest BCUT2D eigenvalue weighted by molar-refractivity contribution is 5.86. The molecule has 2 aromatic heterocycles. The second-order valence-corrected chi connectivity index (χ2v) is 9.12. The Hall–Kier alpha value is -2.90. The number of nitrogens with zero attached hydrogens (tertiary/aromatic N) is 5. The lowest BCUT2D eigenvalue weighted by molar-refractivity contribution is 0.0318. The molecule has 7 heteroatoms. The van der Waals surface area contributed by atoms with Gasteiger partial charge in [-0.15, -0.1) is 0 Å². The molecule has 5 heterocycles. The van der Waals surface area contributed by atoms with Crippen LogP contribution in [0.25, 0.3) is 17.3 Å². The molecule has 1 aromatic carbocycles. The van der Waals surface area contributed by atoms with Crippen molar-refractivity contribution in [3.05, 3.63) is 53.2 Å². The van der Waals surface area contributed by atoms with Crippen molar-refractivity contribution in [3.8, 4) is 5.75 Å². The summed E-state index contributed by atoms with van der Waals surface area (Å²) in [5.74, 6) is 1.47. The number of aromatic nitrogens is 3. The zero-order chi connectivity index (χ0) is 21.3. The summed E-state index contributed by atoms with van der Waals surface area (Å²) in [6.07, 6.45) is 6.08. The van der Waals surface area contributed by atoms with Gasteiger partial charge >= 0.3 is 0 Å². The minimum absolute atomic E-state index is 0.644. The second kappa shape index (κ2) is 6.80. The van der Waals surface area contributed by atoms with Gasteiger partial charge in [0.05, 0.1) is 17.1 Å². The van der Waals surface area contributed by atoms with Gasteiger partial charge in [-0.2, -0.15) is 0 Å². The maximum atomic E-state index is 10.8. The van der Waals surface area contributed by atoms with Crippen LogP contribution in [0.5, 0.6) is 5.75 Å². The van der Waals surface area contributed by atoms with Crippen molar-refractivity contribution in [2.45, 2.75) is 32.6 Å². The summed E-state index contributed by atoms with van der Waals surface area (Å²) in [6, 6.07) is 6.95. The normalized spacial score (nSPS) is 25.5. The predicted molar refractivity (Wildman–Crippen MR) is 120 cm³/mol. The maximum absolute atomic E-state index is 10.8. The van der Waals surface area contributed by atoms with Crippen molar-refractivity contribution in [2.24, 2.45) is 5.92 Å². The highest BCUT2D eigenvalue weighted by Crippen LogP contribution is 2.39. The lowest BCUT2D eigenvalue weighted by Gasteiger charge is -2.26. The van der Waals surface area contributed by atoms with E-state index in [1.807, 2.05) is 36.7 Å². The van der Waals surface area contributed by atoms with E-state index in [1.54, 1.807) is 0 Å². The third-order valence-electron chi connectivity index (χ3n) is 7.02. The molecule has 0 amide bonds. The van der Waals surface area contributed by atoms with Crippen LogP contribution in [-0.2, 0) is 0 Å². The number of likely N-dealkylation sites (tertiary alicyclic amines) is 1. The zero-order valence-corrected chi connectivity index (χ0v) is 18.1. The Bertz CT molecular complexity index is 1220. The lowest BCUT2D eigenvalue weighted by Crippen LogP contribution is -2.32. The number of aliphatic hydroxyl groups is 1. The molecule has 160 valence electrons. The first kappa shape index (κ1) is 18.8. The molecular formula is C24H27N5O2. The van der Waals surface area contributed by atoms with Crippen LogP contribution in [0.1, 0.15) is 29.1 Å². The molecule has 31 heavy (non-hydrogen) atoms. The van der Waals surface area contributed by atoms with Gasteiger partial charge in [-0.25, -0.2) is 4.98 Å². The fraction of sp³-hybridized carbons (Fsp3) is 0.417. The molecule has 3 aliphatic heterocycles. The van der Waals surface area contributed by atoms with Crippen LogP contribution in [0.3, 0.4) is 0 Å². The monoisotopic (exact) mass is 417 g/mol. The first-order valence-electron chi connectivity index (χ1n) is 10.9. The Morgan fingerprint density at radius 3 is 2.84 bits per heavy atom. The molecule has 0 aliphatic carbocycles. The van der Waals surface area contributed by atoms with Crippen LogP contribution in [0.2, 0.25) is 0 Å². The molecule has 1 unspecified atom stereocenters. The van der Waals surface area contributed by atoms with Crippen molar-refractivity contribution >= 4 is 23.0 Å². The van der Waals surface area contributed by atoms with E-state index in [4.69, 9.17) is 9.72 Å². The summed E-state index contributed by atoms with van der Waals surface area (Å²) >= 11 is 0. The van der Waals surface area contributed by atoms with Crippen LogP contribution in [0.15, 0.2) is 30.6 Å². The van der Waals surface area contributed by atoms with E-state index in [-0.39, 0.29) is 0 Å². The molecular weight excluding hydrogens is 390 g/mol. The van der Waals surface area contributed by atoms with E-state index in [9.17, 15) is 5.11 Å². The van der Waals surface area contributed by atoms with Crippen LogP contribution in [0, 0.1) is 19.8 Å². The minimum atomic E-state index is -1.05. The van der Waals surface area contributed by atoms with E-state index in [0.29, 0.717) is 17.3 Å². The van der Waals surface area contributed by atoms with E-state index < -0.39 is 6.29 Å². The minimum Gasteiger partial charge on any atom is -0.460 e. The number of aryl methyl sites for hydroxylation is 2. The highest BCUT2D eigenvalue weighted by atomic mass is 16.6. The number of hydrogen-bond donors (Lipinski definition) is 1. The zero-order valence-electron chi connectivity index (χ0n) is 18.1. The first-order valence-corrected chi connectivity index (χ1v) is 10.9. The van der Waals surface area contributed by atoms with E-state index in [1.165, 1.54) is 13.0 Å². The Balaban J connectivity index is 1.32. The Labute approximate surface area is 181 Å². The average Bonchev–Trinajstić information content (AvgIpc) is 3.43. The van der Waals surface area contributed by atoms with E-state index in [2.05, 4.69) is 40.0 Å². The van der Waals surface area contributed by atoms with Gasteiger partial charge in [-0.1, -0.05) is 0 Å². The van der Waals surface area contributed by atoms with Crippen LogP contribution in [-0.4, -0.2) is 63.4 Å². The van der Waals surface area contributed by atoms with Crippen molar-refractivity contribution in [2.75, 3.05) is 31.6 Å². The highest BCUT2D eigenvalue weighted by Gasteiger charge is 2.39. The third kappa shape index (κ3) is 3.03. The van der Waals surface area contributed by atoms with Crippen molar-refractivity contribution in [1.82, 2.24) is 19.3 Å². The Kier molecular flexibility index (Phi) is 4.13. The van der Waals surface area contributed by atoms with Crippen molar-refractivity contribution in [1.29, 1.82) is 0 Å². The fourth-order valence-corrected chi connectivity index (χ4v) is 5.39. The van der Waals surface area contributed by atoms with Gasteiger partial charge in [0.2, 0.25) is 6.29 Å². The molecule has 0 bridgehead atoms. The quantitative estimate of drug-likeness (QED) is 0.692. The van der Waals surface area contributed by atoms with Crippen LogP contribution < -0.4 is 9.64 Å². The number of fused-ring (bicyclic) bond motifs is 3. The number of anilines is 1. The summed E-state index contributed by atoms with van der Waals surface area (Å²) in [5.41, 5.74) is 6.08. The van der Waals surface area contributed by atoms with Gasteiger partial charge in [-0.05, 0) is 58.0 Å². The summed E-state index contributed by atoms with van der Waals surface area (Å²) < 4.78 is 7.91. The van der Waals surface area contributed by atoms with Gasteiger partial charge in [0.1, 0.15) is 5.75 Å². The Morgan fingerprint density at radius 1 is 1.13 bits per heavy atom. The van der Waals surface area contributed by atoms with Crippen molar-refractivity contribution < 1.29 is 9.84 Å². The Morgan fingerprint density at radius 2 is 2.00 bits per heavy atom. The van der Waals surface area contributed by atoms with Gasteiger partial charge in [0.15, 0.2) is 5.65 Å². The molecule has 1 N–H and O–H groups in total. The van der Waals surface area contributed by atoms with Gasteiger partial charge in [0.25, 0.3) is 0 Å². The number of likely N-dealkylation sites (N-methyl/N-ethyl adjacent to an activating group) is 1. The molecule has 0 radical (unpaired) electrons. The maximum Gasteiger partial charge on any atom is 0.226 e. The molecule has 3 aromatic rings. The summed E-state index contributed by atoms with van der Waals surface area (Å²) in [7, 11) is 2.23. The molecule has 0 saturated carbocycles. The number of hydrogen-bond acceptors (Lipinski definition) is 6. The van der Waals surface area contributed by atoms with Gasteiger partial charge in [-0.3, -0.25) is 4.98 Å². The largest absolute Gasteiger partial charge is 0.460 e. The number of aliphatic hydroxyl groups excluding tert-OH is 1. The molecule has 3 aliphatic rings. The number of benzene rings is 1. The standard InChI is InChI=1S/C24H27N5O2/c1-14-10-29-12-20(26-23(29)15(2)25-14)19-8-16-4-5-18(9-22(16)31-24(19)30)28-11-17-6-7-27(3)21(17)13-28/h4-5,8-10,12,17,21,24,30H,6-7,11,13H2,1-3H3/t17-,21+,24?/m1/s1. The molecule has 2 fully saturated rings. The molecule has 3 atom stereocenters. The summed E-state index contributed by atoms with van der Waals surface area (Å²) in [4.78, 5) is 14.1. The smallest absolute Gasteiger partial charge is 0.226 e. The molecule has 2 saturated heterocycles. The second-order valence-electron chi connectivity index (χ2n) is 9.12. The van der Waals surface area contributed by atoms with Crippen LogP contribution in [0.4, 0.5) is 5.69 Å². The average molecular weight is 418 g/mol. The number of imidazole rings is 1. The van der Waals surface area contributed by atoms with E-state index in [0.717, 1.165) is 53.0 Å². The molecule has 0 spiro atoms. The van der Waals surface area contributed by atoms with Gasteiger partial charge in [0, 0.05) is 54.4 Å². The fourth-order valence-electron chi connectivity index (χ4n) is 5.39. The summed E-state index contributed by atoms with van der Waals surface area (Å²) in [5, 5.41) is 10.8. The third-order valence-corrected chi connectivity index (χ3v) is 7.02. The lowest BCUT2D eigenvalue weighted by atomic mass is 10.0. The SMILES string of the molecule is Cc1cn2cc(C3=Cc4ccc(N5C[C@H]6CCN(C)[C@H]6C5)cc4OC3O)nc2c(C)n1. The number of rotatable bonds is 2. The van der Waals surface area contributed by atoms with Crippen LogP contribution >= 0.6 is 0 Å². The topological polar surface area (TPSA) is 66.1 Å².